The van der Waals surface area contributed by atoms with Crippen molar-refractivity contribution >= 4 is 23.7 Å². The molecule has 0 aromatic heterocycles. The zero-order valence-corrected chi connectivity index (χ0v) is 14.5. The molecule has 0 bridgehead atoms. The quantitative estimate of drug-likeness (QED) is 0.542. The Labute approximate surface area is 145 Å². The Morgan fingerprint density at radius 2 is 1.72 bits per heavy atom. The molecule has 0 saturated heterocycles. The lowest BCUT2D eigenvalue weighted by atomic mass is 10.1. The molecule has 136 valence electrons. The number of rotatable bonds is 8. The minimum atomic E-state index is -1.13. The highest BCUT2D eigenvalue weighted by atomic mass is 16.5. The number of benzene rings is 1. The molecule has 1 aromatic carbocycles. The first-order chi connectivity index (χ1) is 11.9. The summed E-state index contributed by atoms with van der Waals surface area (Å²) >= 11 is 0. The number of hydrogen-bond donors (Lipinski definition) is 2. The topological polar surface area (TPSA) is 111 Å². The van der Waals surface area contributed by atoms with Gasteiger partial charge < -0.3 is 14.8 Å². The van der Waals surface area contributed by atoms with Crippen LogP contribution in [0.5, 0.6) is 5.75 Å². The lowest BCUT2D eigenvalue weighted by Crippen LogP contribution is -2.43. The van der Waals surface area contributed by atoms with E-state index in [9.17, 15) is 19.2 Å². The van der Waals surface area contributed by atoms with Crippen molar-refractivity contribution in [3.05, 3.63) is 29.8 Å². The maximum absolute atomic E-state index is 12.0. The number of nitrogens with one attached hydrogen (secondary N) is 2. The van der Waals surface area contributed by atoms with Gasteiger partial charge in [0.1, 0.15) is 5.75 Å². The number of hydrogen-bond acceptors (Lipinski definition) is 6. The number of ketones is 1. The average Bonchev–Trinajstić information content (AvgIpc) is 2.60. The van der Waals surface area contributed by atoms with Crippen molar-refractivity contribution < 1.29 is 28.7 Å². The van der Waals surface area contributed by atoms with E-state index in [4.69, 9.17) is 9.47 Å². The number of imide groups is 1. The molecule has 0 fully saturated rings. The van der Waals surface area contributed by atoms with Gasteiger partial charge in [-0.1, -0.05) is 0 Å². The molecule has 0 aliphatic heterocycles. The second-order valence-electron chi connectivity index (χ2n) is 5.08. The van der Waals surface area contributed by atoms with E-state index < -0.39 is 24.0 Å². The van der Waals surface area contributed by atoms with Crippen molar-refractivity contribution in [3.63, 3.8) is 0 Å². The summed E-state index contributed by atoms with van der Waals surface area (Å²) in [5, 5.41) is 4.21. The fourth-order valence-corrected chi connectivity index (χ4v) is 1.85. The van der Waals surface area contributed by atoms with Gasteiger partial charge in [-0.2, -0.15) is 0 Å². The summed E-state index contributed by atoms with van der Waals surface area (Å²) in [4.78, 5) is 46.3. The molecule has 3 amide bonds. The summed E-state index contributed by atoms with van der Waals surface area (Å²) in [5.41, 5.74) is 0.460. The SMILES string of the molecule is CCOc1ccc(C(=O)CCC(=O)O[C@@H](C)C(=O)NC(=O)NC)cc1. The van der Waals surface area contributed by atoms with E-state index in [1.54, 1.807) is 24.3 Å². The van der Waals surface area contributed by atoms with Crippen molar-refractivity contribution in [2.45, 2.75) is 32.8 Å². The highest BCUT2D eigenvalue weighted by Gasteiger charge is 2.20. The highest BCUT2D eigenvalue weighted by molar-refractivity contribution is 5.98. The van der Waals surface area contributed by atoms with Crippen molar-refractivity contribution in [2.24, 2.45) is 0 Å². The largest absolute Gasteiger partial charge is 0.494 e. The van der Waals surface area contributed by atoms with Crippen LogP contribution in [0.4, 0.5) is 4.79 Å². The predicted octanol–water partition coefficient (Wildman–Crippen LogP) is 1.44. The van der Waals surface area contributed by atoms with Crippen LogP contribution in [-0.2, 0) is 14.3 Å². The van der Waals surface area contributed by atoms with Gasteiger partial charge in [0.2, 0.25) is 0 Å². The zero-order valence-electron chi connectivity index (χ0n) is 14.5. The molecule has 0 unspecified atom stereocenters. The lowest BCUT2D eigenvalue weighted by Gasteiger charge is -2.12. The van der Waals surface area contributed by atoms with Gasteiger partial charge in [-0.3, -0.25) is 19.7 Å². The van der Waals surface area contributed by atoms with Crippen LogP contribution in [0, 0.1) is 0 Å². The fraction of sp³-hybridized carbons (Fsp3) is 0.412. The van der Waals surface area contributed by atoms with Gasteiger partial charge in [-0.15, -0.1) is 0 Å². The molecular formula is C17H22N2O6. The summed E-state index contributed by atoms with van der Waals surface area (Å²) in [6, 6.07) is 5.91. The van der Waals surface area contributed by atoms with Gasteiger partial charge in [0.15, 0.2) is 11.9 Å². The van der Waals surface area contributed by atoms with Crippen LogP contribution >= 0.6 is 0 Å². The van der Waals surface area contributed by atoms with Gasteiger partial charge in [-0.05, 0) is 38.1 Å². The van der Waals surface area contributed by atoms with E-state index in [2.05, 4.69) is 5.32 Å². The van der Waals surface area contributed by atoms with Gasteiger partial charge in [0.25, 0.3) is 5.91 Å². The maximum atomic E-state index is 12.0. The number of carbonyl (C=O) groups excluding carboxylic acids is 4. The van der Waals surface area contributed by atoms with Crippen LogP contribution < -0.4 is 15.4 Å². The number of Topliss-reactive ketones (excluding diaryl/α,β-unsaturated/α-hetero) is 1. The Bertz CT molecular complexity index is 627. The first-order valence-electron chi connectivity index (χ1n) is 7.85. The average molecular weight is 350 g/mol. The van der Waals surface area contributed by atoms with E-state index in [0.717, 1.165) is 0 Å². The van der Waals surface area contributed by atoms with Crippen molar-refractivity contribution in [1.82, 2.24) is 10.6 Å². The molecule has 1 atom stereocenters. The molecule has 8 heteroatoms. The third-order valence-electron chi connectivity index (χ3n) is 3.18. The van der Waals surface area contributed by atoms with Crippen LogP contribution in [0.25, 0.3) is 0 Å². The Hall–Kier alpha value is -2.90. The minimum absolute atomic E-state index is 0.0450. The summed E-state index contributed by atoms with van der Waals surface area (Å²) in [7, 11) is 1.35. The summed E-state index contributed by atoms with van der Waals surface area (Å²) in [6.07, 6.45) is -1.34. The van der Waals surface area contributed by atoms with Gasteiger partial charge in [0, 0.05) is 19.0 Å². The van der Waals surface area contributed by atoms with E-state index in [1.807, 2.05) is 12.2 Å². The third-order valence-corrected chi connectivity index (χ3v) is 3.18. The van der Waals surface area contributed by atoms with E-state index in [0.29, 0.717) is 17.9 Å². The Morgan fingerprint density at radius 3 is 2.28 bits per heavy atom. The molecule has 2 N–H and O–H groups in total. The molecule has 0 aliphatic carbocycles. The van der Waals surface area contributed by atoms with E-state index in [1.165, 1.54) is 14.0 Å². The van der Waals surface area contributed by atoms with Gasteiger partial charge in [-0.25, -0.2) is 4.79 Å². The second-order valence-corrected chi connectivity index (χ2v) is 5.08. The summed E-state index contributed by atoms with van der Waals surface area (Å²) in [6.45, 7) is 3.73. The smallest absolute Gasteiger partial charge is 0.321 e. The van der Waals surface area contributed by atoms with Crippen LogP contribution in [0.15, 0.2) is 24.3 Å². The molecule has 8 nitrogen and oxygen atoms in total. The molecule has 0 spiro atoms. The molecule has 0 radical (unpaired) electrons. The van der Waals surface area contributed by atoms with Crippen molar-refractivity contribution in [2.75, 3.05) is 13.7 Å². The summed E-state index contributed by atoms with van der Waals surface area (Å²) < 4.78 is 10.2. The predicted molar refractivity (Wildman–Crippen MR) is 89.3 cm³/mol. The Kier molecular flexibility index (Phi) is 8.11. The van der Waals surface area contributed by atoms with Gasteiger partial charge >= 0.3 is 12.0 Å². The number of ether oxygens (including phenoxy) is 2. The molecule has 0 aliphatic rings. The monoisotopic (exact) mass is 350 g/mol. The lowest BCUT2D eigenvalue weighted by molar-refractivity contribution is -0.154. The minimum Gasteiger partial charge on any atom is -0.494 e. The fourth-order valence-electron chi connectivity index (χ4n) is 1.85. The molecular weight excluding hydrogens is 328 g/mol. The van der Waals surface area contributed by atoms with Crippen LogP contribution in [-0.4, -0.2) is 43.4 Å². The van der Waals surface area contributed by atoms with Crippen LogP contribution in [0.2, 0.25) is 0 Å². The number of amides is 3. The number of esters is 1. The molecule has 25 heavy (non-hydrogen) atoms. The molecule has 0 heterocycles. The third kappa shape index (κ3) is 7.03. The first kappa shape index (κ1) is 20.1. The van der Waals surface area contributed by atoms with Gasteiger partial charge in [0.05, 0.1) is 13.0 Å². The maximum Gasteiger partial charge on any atom is 0.321 e. The number of carbonyl (C=O) groups is 4. The van der Waals surface area contributed by atoms with E-state index in [-0.39, 0.29) is 18.6 Å². The zero-order chi connectivity index (χ0) is 18.8. The van der Waals surface area contributed by atoms with Crippen LogP contribution in [0.1, 0.15) is 37.0 Å². The Morgan fingerprint density at radius 1 is 1.08 bits per heavy atom. The normalized spacial score (nSPS) is 11.2. The molecule has 1 rings (SSSR count). The standard InChI is InChI=1S/C17H22N2O6/c1-4-24-13-7-5-12(6-8-13)14(20)9-10-15(21)25-11(2)16(22)19-17(23)18-3/h5-8,11H,4,9-10H2,1-3H3,(H2,18,19,22,23)/t11-/m0/s1. The molecule has 1 aromatic rings. The van der Waals surface area contributed by atoms with E-state index >= 15 is 0 Å². The number of urea groups is 1. The highest BCUT2D eigenvalue weighted by Crippen LogP contribution is 2.14. The van der Waals surface area contributed by atoms with Crippen molar-refractivity contribution in [1.29, 1.82) is 0 Å². The van der Waals surface area contributed by atoms with Crippen molar-refractivity contribution in [3.8, 4) is 5.75 Å². The Balaban J connectivity index is 2.43. The summed E-state index contributed by atoms with van der Waals surface area (Å²) in [5.74, 6) is -0.999. The first-order valence-corrected chi connectivity index (χ1v) is 7.85. The van der Waals surface area contributed by atoms with Crippen LogP contribution in [0.3, 0.4) is 0 Å². The second kappa shape index (κ2) is 10.1. The molecule has 0 saturated carbocycles.